The molecule has 6 heteroatoms. The van der Waals surface area contributed by atoms with Crippen LogP contribution >= 0.6 is 0 Å². The summed E-state index contributed by atoms with van der Waals surface area (Å²) in [5, 5.41) is 1.62. The van der Waals surface area contributed by atoms with Crippen molar-refractivity contribution >= 4 is 30.8 Å². The van der Waals surface area contributed by atoms with Crippen LogP contribution < -0.4 is 4.74 Å². The first-order chi connectivity index (χ1) is 18.2. The highest BCUT2D eigenvalue weighted by molar-refractivity contribution is 6.84. The minimum absolute atomic E-state index is 0.0291. The highest BCUT2D eigenvalue weighted by Crippen LogP contribution is 2.47. The van der Waals surface area contributed by atoms with E-state index in [1.165, 1.54) is 30.0 Å². The van der Waals surface area contributed by atoms with Gasteiger partial charge in [0, 0.05) is 0 Å². The maximum atomic E-state index is 7.86. The van der Waals surface area contributed by atoms with Crippen LogP contribution in [-0.4, -0.2) is 44.0 Å². The zero-order valence-electron chi connectivity index (χ0n) is 29.3. The molecule has 0 saturated carbocycles. The van der Waals surface area contributed by atoms with E-state index in [0.29, 0.717) is 16.6 Å². The van der Waals surface area contributed by atoms with Crippen LogP contribution in [0.4, 0.5) is 0 Å². The Bertz CT molecular complexity index is 884. The molecule has 2 atom stereocenters. The van der Waals surface area contributed by atoms with E-state index >= 15 is 0 Å². The number of ether oxygens (including phenoxy) is 1. The first-order valence-electron chi connectivity index (χ1n) is 16.0. The number of methoxy groups -OCH3 is 1. The SMILES string of the molecule is CCCCCC(O[Si](C)(C)C(C)(C)C)C(O[Si](C(C)C)(C(C)C)C(C)C)/C(=C/c1ccc(OC)cc1)[Si](C)(C)C. The molecular formula is C34H66O3Si3. The van der Waals surface area contributed by atoms with Gasteiger partial charge < -0.3 is 13.6 Å². The summed E-state index contributed by atoms with van der Waals surface area (Å²) in [6.07, 6.45) is 7.16. The van der Waals surface area contributed by atoms with Gasteiger partial charge in [0.2, 0.25) is 8.32 Å². The standard InChI is InChI=1S/C34H66O3Si3/c1-17-18-19-20-31(36-39(15,16)34(8,9)10)33(37-40(26(2)3,27(4)5)28(6)7)32(38(12,13)14)25-29-21-23-30(35-11)24-22-29/h21-28,31,33H,17-20H2,1-16H3/b32-25-. The molecule has 1 aromatic carbocycles. The summed E-state index contributed by atoms with van der Waals surface area (Å²) < 4.78 is 20.8. The molecule has 0 aliphatic heterocycles. The van der Waals surface area contributed by atoms with Crippen molar-refractivity contribution in [3.05, 3.63) is 35.0 Å². The third kappa shape index (κ3) is 9.68. The quantitative estimate of drug-likeness (QED) is 0.138. The first kappa shape index (κ1) is 37.4. The van der Waals surface area contributed by atoms with Crippen LogP contribution in [0.3, 0.4) is 0 Å². The van der Waals surface area contributed by atoms with E-state index in [9.17, 15) is 0 Å². The fourth-order valence-corrected chi connectivity index (χ4v) is 14.7. The largest absolute Gasteiger partial charge is 0.497 e. The van der Waals surface area contributed by atoms with Gasteiger partial charge in [-0.15, -0.1) is 0 Å². The second-order valence-corrected chi connectivity index (χ2v) is 30.6. The molecule has 1 aromatic rings. The molecule has 232 valence electrons. The average Bonchev–Trinajstić information content (AvgIpc) is 2.81. The van der Waals surface area contributed by atoms with E-state index < -0.39 is 24.7 Å². The van der Waals surface area contributed by atoms with Gasteiger partial charge >= 0.3 is 0 Å². The molecule has 40 heavy (non-hydrogen) atoms. The monoisotopic (exact) mass is 606 g/mol. The first-order valence-corrected chi connectivity index (χ1v) is 24.5. The van der Waals surface area contributed by atoms with Crippen molar-refractivity contribution in [3.63, 3.8) is 0 Å². The van der Waals surface area contributed by atoms with Crippen LogP contribution in [0.25, 0.3) is 6.08 Å². The molecule has 0 amide bonds. The van der Waals surface area contributed by atoms with E-state index in [2.05, 4.69) is 132 Å². The highest BCUT2D eigenvalue weighted by Gasteiger charge is 2.50. The number of unbranched alkanes of at least 4 members (excludes halogenated alkanes) is 2. The van der Waals surface area contributed by atoms with E-state index in [1.807, 2.05) is 0 Å². The molecule has 1 rings (SSSR count). The lowest BCUT2D eigenvalue weighted by Gasteiger charge is -2.50. The Morgan fingerprint density at radius 1 is 0.800 bits per heavy atom. The smallest absolute Gasteiger partial charge is 0.201 e. The molecule has 0 heterocycles. The Hall–Kier alpha value is -0.669. The van der Waals surface area contributed by atoms with Gasteiger partial charge in [-0.2, -0.15) is 0 Å². The third-order valence-electron chi connectivity index (χ3n) is 9.33. The number of hydrogen-bond acceptors (Lipinski definition) is 3. The average molecular weight is 607 g/mol. The van der Waals surface area contributed by atoms with Gasteiger partial charge in [-0.05, 0) is 58.9 Å². The van der Waals surface area contributed by atoms with Gasteiger partial charge in [0.1, 0.15) is 5.75 Å². The van der Waals surface area contributed by atoms with Crippen LogP contribution in [0.15, 0.2) is 29.5 Å². The molecule has 0 saturated heterocycles. The highest BCUT2D eigenvalue weighted by atomic mass is 28.4. The predicted octanol–water partition coefficient (Wildman–Crippen LogP) is 11.5. The van der Waals surface area contributed by atoms with Gasteiger partial charge in [0.25, 0.3) is 0 Å². The van der Waals surface area contributed by atoms with E-state index in [-0.39, 0.29) is 17.2 Å². The Morgan fingerprint density at radius 3 is 1.68 bits per heavy atom. The normalized spacial score (nSPS) is 15.7. The van der Waals surface area contributed by atoms with Crippen molar-refractivity contribution in [2.24, 2.45) is 0 Å². The summed E-state index contributed by atoms with van der Waals surface area (Å²) >= 11 is 0. The predicted molar refractivity (Wildman–Crippen MR) is 186 cm³/mol. The molecule has 3 nitrogen and oxygen atoms in total. The summed E-state index contributed by atoms with van der Waals surface area (Å²) in [6, 6.07) is 8.53. The summed E-state index contributed by atoms with van der Waals surface area (Å²) in [4.78, 5) is 0. The topological polar surface area (TPSA) is 27.7 Å². The molecule has 0 aliphatic carbocycles. The van der Waals surface area contributed by atoms with Gasteiger partial charge in [0.05, 0.1) is 27.4 Å². The minimum Gasteiger partial charge on any atom is -0.497 e. The molecule has 0 fully saturated rings. The number of benzene rings is 1. The summed E-state index contributed by atoms with van der Waals surface area (Å²) in [7, 11) is -4.35. The molecule has 2 unspecified atom stereocenters. The molecule has 0 bridgehead atoms. The zero-order valence-corrected chi connectivity index (χ0v) is 32.3. The Balaban J connectivity index is 4.00. The van der Waals surface area contributed by atoms with Crippen molar-refractivity contribution < 1.29 is 13.6 Å². The lowest BCUT2D eigenvalue weighted by molar-refractivity contribution is 0.0507. The fourth-order valence-electron chi connectivity index (χ4n) is 6.00. The van der Waals surface area contributed by atoms with Gasteiger partial charge in [-0.3, -0.25) is 0 Å². The maximum absolute atomic E-state index is 7.86. The summed E-state index contributed by atoms with van der Waals surface area (Å²) in [5.74, 6) is 0.893. The van der Waals surface area contributed by atoms with Gasteiger partial charge in [-0.25, -0.2) is 0 Å². The van der Waals surface area contributed by atoms with E-state index in [1.54, 1.807) is 7.11 Å². The van der Waals surface area contributed by atoms with Crippen molar-refractivity contribution in [2.45, 2.75) is 162 Å². The Kier molecular flexibility index (Phi) is 14.2. The summed E-state index contributed by atoms with van der Waals surface area (Å²) in [5.41, 5.74) is 2.77. The van der Waals surface area contributed by atoms with Crippen LogP contribution in [-0.2, 0) is 8.85 Å². The van der Waals surface area contributed by atoms with E-state index in [0.717, 1.165) is 12.2 Å². The van der Waals surface area contributed by atoms with Gasteiger partial charge in [0.15, 0.2) is 8.32 Å². The van der Waals surface area contributed by atoms with Crippen molar-refractivity contribution in [1.29, 1.82) is 0 Å². The molecule has 0 spiro atoms. The molecule has 0 radical (unpaired) electrons. The van der Waals surface area contributed by atoms with Crippen LogP contribution in [0, 0.1) is 0 Å². The lowest BCUT2D eigenvalue weighted by Crippen LogP contribution is -2.57. The second-order valence-electron chi connectivity index (χ2n) is 15.4. The molecule has 0 aromatic heterocycles. The lowest BCUT2D eigenvalue weighted by atomic mass is 10.0. The van der Waals surface area contributed by atoms with Crippen LogP contribution in [0.1, 0.15) is 100 Å². The van der Waals surface area contributed by atoms with E-state index in [4.69, 9.17) is 13.6 Å². The maximum Gasteiger partial charge on any atom is 0.201 e. The Labute approximate surface area is 253 Å². The number of hydrogen-bond donors (Lipinski definition) is 0. The molecular weight excluding hydrogens is 541 g/mol. The fraction of sp³-hybridized carbons (Fsp3) is 0.765. The van der Waals surface area contributed by atoms with Crippen molar-refractivity contribution in [2.75, 3.05) is 7.11 Å². The minimum atomic E-state index is -2.20. The zero-order chi connectivity index (χ0) is 31.1. The summed E-state index contributed by atoms with van der Waals surface area (Å²) in [6.45, 7) is 36.1. The molecule has 0 N–H and O–H groups in total. The molecule has 0 aliphatic rings. The van der Waals surface area contributed by atoms with Crippen LogP contribution in [0.5, 0.6) is 5.75 Å². The number of rotatable bonds is 16. The van der Waals surface area contributed by atoms with Crippen molar-refractivity contribution in [1.82, 2.24) is 0 Å². The third-order valence-corrected chi connectivity index (χ3v) is 22.1. The second kappa shape index (κ2) is 15.2. The van der Waals surface area contributed by atoms with Crippen LogP contribution in [0.2, 0.25) is 54.4 Å². The van der Waals surface area contributed by atoms with Crippen molar-refractivity contribution in [3.8, 4) is 5.75 Å². The van der Waals surface area contributed by atoms with Gasteiger partial charge in [-0.1, -0.05) is 132 Å². The Morgan fingerprint density at radius 2 is 1.30 bits per heavy atom.